The number of hydrogen-bond acceptors (Lipinski definition) is 10. The summed E-state index contributed by atoms with van der Waals surface area (Å²) in [5, 5.41) is 23.2. The average Bonchev–Trinajstić information content (AvgIpc) is 3.57. The summed E-state index contributed by atoms with van der Waals surface area (Å²) in [4.78, 5) is 80.5. The van der Waals surface area contributed by atoms with Gasteiger partial charge in [0.25, 0.3) is 0 Å². The maximum Gasteiger partial charge on any atom is 0.326 e. The Morgan fingerprint density at radius 3 is 1.90 bits per heavy atom. The molecule has 1 aromatic heterocycles. The van der Waals surface area contributed by atoms with Crippen molar-refractivity contribution in [2.75, 3.05) is 39.3 Å². The number of carbonyl (C=O) groups is 6. The summed E-state index contributed by atoms with van der Waals surface area (Å²) < 4.78 is 1.27. The zero-order chi connectivity index (χ0) is 37.5. The van der Waals surface area contributed by atoms with Crippen LogP contribution in [-0.2, 0) is 41.9 Å². The molecular formula is C34H46N10O7. The minimum atomic E-state index is -1.39. The van der Waals surface area contributed by atoms with Gasteiger partial charge < -0.3 is 41.9 Å². The van der Waals surface area contributed by atoms with Crippen LogP contribution in [0, 0.1) is 0 Å². The van der Waals surface area contributed by atoms with Crippen LogP contribution in [0.5, 0.6) is 0 Å². The molecule has 1 heterocycles. The first-order valence-electron chi connectivity index (χ1n) is 16.4. The maximum absolute atomic E-state index is 13.9. The second-order valence-corrected chi connectivity index (χ2v) is 11.8. The molecule has 17 nitrogen and oxygen atoms in total. The van der Waals surface area contributed by atoms with Gasteiger partial charge in [0.1, 0.15) is 32.2 Å². The van der Waals surface area contributed by atoms with Crippen molar-refractivity contribution in [1.82, 2.24) is 40.3 Å². The molecule has 0 aliphatic rings. The van der Waals surface area contributed by atoms with E-state index < -0.39 is 60.8 Å². The SMILES string of the molecule is C[C@@H](C(=O)O)N(CC(N)=O)C(=O)CN(C(=O)Cn1nncc1CNC(=O)CN(C(=O)CNCCN)[C@@H](C)c1ccccc1)[C@@H](C)c1ccccc1. The summed E-state index contributed by atoms with van der Waals surface area (Å²) >= 11 is 0. The predicted octanol–water partition coefficient (Wildman–Crippen LogP) is -0.591. The third kappa shape index (κ3) is 11.7. The summed E-state index contributed by atoms with van der Waals surface area (Å²) in [6.45, 7) is 3.62. The highest BCUT2D eigenvalue weighted by Crippen LogP contribution is 2.22. The van der Waals surface area contributed by atoms with Crippen LogP contribution < -0.4 is 22.1 Å². The van der Waals surface area contributed by atoms with Gasteiger partial charge in [-0.2, -0.15) is 0 Å². The highest BCUT2D eigenvalue weighted by atomic mass is 16.4. The van der Waals surface area contributed by atoms with Crippen molar-refractivity contribution in [3.63, 3.8) is 0 Å². The van der Waals surface area contributed by atoms with Crippen LogP contribution in [-0.4, -0.2) is 116 Å². The number of rotatable bonds is 20. The summed E-state index contributed by atoms with van der Waals surface area (Å²) in [6.07, 6.45) is 1.37. The first kappa shape index (κ1) is 39.8. The van der Waals surface area contributed by atoms with Crippen LogP contribution in [0.25, 0.3) is 0 Å². The predicted molar refractivity (Wildman–Crippen MR) is 185 cm³/mol. The Morgan fingerprint density at radius 2 is 1.37 bits per heavy atom. The van der Waals surface area contributed by atoms with Gasteiger partial charge in [-0.05, 0) is 31.9 Å². The van der Waals surface area contributed by atoms with Gasteiger partial charge in [0.05, 0.1) is 37.1 Å². The van der Waals surface area contributed by atoms with E-state index in [-0.39, 0.29) is 32.1 Å². The van der Waals surface area contributed by atoms with Crippen molar-refractivity contribution in [2.24, 2.45) is 11.5 Å². The number of nitrogens with one attached hydrogen (secondary N) is 2. The monoisotopic (exact) mass is 706 g/mol. The third-order valence-corrected chi connectivity index (χ3v) is 8.28. The van der Waals surface area contributed by atoms with E-state index in [0.717, 1.165) is 10.5 Å². The standard InChI is InChI=1S/C34H46N10O7/c1-23(26-10-6-4-7-11-26)42(31(47)18-37-15-14-35)20-30(46)38-16-28-17-39-40-44(28)22-33(49)43(24(2)27-12-8-5-9-13-27)21-32(48)41(19-29(36)45)25(3)34(50)51/h4-13,17,23-25,37H,14-16,18-22,35H2,1-3H3,(H2,36,45)(H,38,46)(H,50,51)/t23-,24-,25-/m0/s1. The molecule has 0 unspecified atom stereocenters. The number of primary amides is 1. The number of hydrogen-bond donors (Lipinski definition) is 5. The lowest BCUT2D eigenvalue weighted by atomic mass is 10.1. The molecule has 274 valence electrons. The topological polar surface area (TPSA) is 239 Å². The molecule has 0 aliphatic carbocycles. The fourth-order valence-corrected chi connectivity index (χ4v) is 5.25. The first-order valence-corrected chi connectivity index (χ1v) is 16.4. The number of nitrogens with two attached hydrogens (primary N) is 2. The van der Waals surface area contributed by atoms with Gasteiger partial charge in [-0.3, -0.25) is 24.0 Å². The van der Waals surface area contributed by atoms with E-state index in [0.29, 0.717) is 24.3 Å². The highest BCUT2D eigenvalue weighted by molar-refractivity contribution is 5.91. The van der Waals surface area contributed by atoms with Crippen LogP contribution in [0.15, 0.2) is 66.9 Å². The molecule has 3 aromatic rings. The van der Waals surface area contributed by atoms with Gasteiger partial charge >= 0.3 is 5.97 Å². The van der Waals surface area contributed by atoms with Crippen LogP contribution in [0.2, 0.25) is 0 Å². The Balaban J connectivity index is 1.77. The Morgan fingerprint density at radius 1 is 0.804 bits per heavy atom. The maximum atomic E-state index is 13.9. The summed E-state index contributed by atoms with van der Waals surface area (Å²) in [5.74, 6) is -4.38. The van der Waals surface area contributed by atoms with Crippen LogP contribution in [0.4, 0.5) is 0 Å². The van der Waals surface area contributed by atoms with Crippen molar-refractivity contribution >= 4 is 35.5 Å². The zero-order valence-corrected chi connectivity index (χ0v) is 29.0. The van der Waals surface area contributed by atoms with Gasteiger partial charge in [-0.15, -0.1) is 5.10 Å². The fraction of sp³-hybridized carbons (Fsp3) is 0.412. The summed E-state index contributed by atoms with van der Waals surface area (Å²) in [6, 6.07) is 15.7. The molecule has 0 spiro atoms. The molecule has 5 amide bonds. The second-order valence-electron chi connectivity index (χ2n) is 11.8. The molecule has 3 rings (SSSR count). The number of aromatic nitrogens is 3. The van der Waals surface area contributed by atoms with E-state index in [9.17, 15) is 33.9 Å². The molecule has 17 heteroatoms. The van der Waals surface area contributed by atoms with E-state index >= 15 is 0 Å². The largest absolute Gasteiger partial charge is 0.480 e. The highest BCUT2D eigenvalue weighted by Gasteiger charge is 2.32. The minimum Gasteiger partial charge on any atom is -0.480 e. The number of amides is 5. The van der Waals surface area contributed by atoms with Gasteiger partial charge in [0.2, 0.25) is 29.5 Å². The lowest BCUT2D eigenvalue weighted by molar-refractivity contribution is -0.152. The number of carbonyl (C=O) groups excluding carboxylic acids is 5. The van der Waals surface area contributed by atoms with Gasteiger partial charge in [-0.25, -0.2) is 9.48 Å². The molecule has 2 aromatic carbocycles. The van der Waals surface area contributed by atoms with Crippen molar-refractivity contribution in [3.05, 3.63) is 83.7 Å². The number of carboxylic acids is 1. The van der Waals surface area contributed by atoms with E-state index in [1.165, 1.54) is 27.6 Å². The molecule has 0 aliphatic heterocycles. The smallest absolute Gasteiger partial charge is 0.326 e. The lowest BCUT2D eigenvalue weighted by Gasteiger charge is -2.33. The van der Waals surface area contributed by atoms with Crippen molar-refractivity contribution in [3.8, 4) is 0 Å². The lowest BCUT2D eigenvalue weighted by Crippen LogP contribution is -2.52. The van der Waals surface area contributed by atoms with Crippen molar-refractivity contribution < 1.29 is 33.9 Å². The first-order chi connectivity index (χ1) is 24.3. The zero-order valence-electron chi connectivity index (χ0n) is 29.0. The quantitative estimate of drug-likeness (QED) is 0.0931. The molecule has 0 saturated heterocycles. The number of nitrogens with zero attached hydrogens (tertiary/aromatic N) is 6. The van der Waals surface area contributed by atoms with E-state index in [4.69, 9.17) is 11.5 Å². The van der Waals surface area contributed by atoms with E-state index in [2.05, 4.69) is 20.9 Å². The van der Waals surface area contributed by atoms with Crippen LogP contribution in [0.3, 0.4) is 0 Å². The Hall–Kier alpha value is -5.68. The molecule has 51 heavy (non-hydrogen) atoms. The van der Waals surface area contributed by atoms with Crippen molar-refractivity contribution in [2.45, 2.75) is 52.0 Å². The normalized spacial score (nSPS) is 12.6. The van der Waals surface area contributed by atoms with Crippen LogP contribution in [0.1, 0.15) is 49.7 Å². The van der Waals surface area contributed by atoms with E-state index in [1.54, 1.807) is 37.3 Å². The van der Waals surface area contributed by atoms with Crippen molar-refractivity contribution in [1.29, 1.82) is 0 Å². The third-order valence-electron chi connectivity index (χ3n) is 8.28. The molecule has 3 atom stereocenters. The molecule has 0 saturated carbocycles. The molecular weight excluding hydrogens is 660 g/mol. The summed E-state index contributed by atoms with van der Waals surface area (Å²) in [7, 11) is 0. The minimum absolute atomic E-state index is 0.00360. The number of aliphatic carboxylic acids is 1. The Labute approximate surface area is 295 Å². The number of benzene rings is 2. The molecule has 0 bridgehead atoms. The Bertz CT molecular complexity index is 1640. The molecule has 0 radical (unpaired) electrons. The number of carboxylic acid groups (broad SMARTS) is 1. The molecule has 7 N–H and O–H groups in total. The van der Waals surface area contributed by atoms with Gasteiger partial charge in [-0.1, -0.05) is 65.9 Å². The summed E-state index contributed by atoms with van der Waals surface area (Å²) in [5.41, 5.74) is 12.7. The van der Waals surface area contributed by atoms with Crippen LogP contribution >= 0.6 is 0 Å². The van der Waals surface area contributed by atoms with Gasteiger partial charge in [0.15, 0.2) is 0 Å². The second kappa shape index (κ2) is 19.5. The van der Waals surface area contributed by atoms with E-state index in [1.807, 2.05) is 37.3 Å². The molecule has 0 fully saturated rings. The average molecular weight is 707 g/mol. The fourth-order valence-electron chi connectivity index (χ4n) is 5.25. The Kier molecular flexibility index (Phi) is 15.2. The van der Waals surface area contributed by atoms with Gasteiger partial charge in [0, 0.05) is 13.1 Å².